The fourth-order valence-corrected chi connectivity index (χ4v) is 2.45. The molecule has 0 aliphatic heterocycles. The van der Waals surface area contributed by atoms with Crippen molar-refractivity contribution in [2.45, 2.75) is 46.0 Å². The Morgan fingerprint density at radius 3 is 2.33 bits per heavy atom. The average molecular weight is 251 g/mol. The number of hydrogen-bond acceptors (Lipinski definition) is 1. The van der Waals surface area contributed by atoms with Crippen LogP contribution in [0.15, 0.2) is 24.3 Å². The molecule has 0 radical (unpaired) electrons. The maximum Gasteiger partial charge on any atom is 0.123 e. The van der Waals surface area contributed by atoms with Gasteiger partial charge in [-0.15, -0.1) is 0 Å². The molecule has 0 amide bonds. The molecule has 0 aliphatic rings. The molecular weight excluding hydrogens is 225 g/mol. The number of halogens is 1. The normalized spacial score (nSPS) is 14.4. The van der Waals surface area contributed by atoms with Crippen LogP contribution in [0.4, 0.5) is 4.39 Å². The van der Waals surface area contributed by atoms with Crippen molar-refractivity contribution in [1.82, 2.24) is 5.32 Å². The molecule has 0 aliphatic carbocycles. The molecule has 0 fully saturated rings. The molecule has 18 heavy (non-hydrogen) atoms. The van der Waals surface area contributed by atoms with Gasteiger partial charge in [-0.05, 0) is 42.5 Å². The van der Waals surface area contributed by atoms with Crippen LogP contribution >= 0.6 is 0 Å². The van der Waals surface area contributed by atoms with E-state index in [0.717, 1.165) is 19.5 Å². The molecule has 0 bridgehead atoms. The minimum atomic E-state index is -0.151. The Hall–Kier alpha value is -0.890. The third-order valence-corrected chi connectivity index (χ3v) is 3.52. The average Bonchev–Trinajstić information content (AvgIpc) is 2.36. The number of rotatable bonds is 8. The molecule has 1 nitrogen and oxygen atoms in total. The van der Waals surface area contributed by atoms with Crippen molar-refractivity contribution in [3.8, 4) is 0 Å². The SMILES string of the molecule is CCCNCC(c1ccc(F)cc1)C(C)CCC. The van der Waals surface area contributed by atoms with Gasteiger partial charge in [0.05, 0.1) is 0 Å². The Kier molecular flexibility index (Phi) is 6.96. The van der Waals surface area contributed by atoms with Crippen molar-refractivity contribution in [1.29, 1.82) is 0 Å². The van der Waals surface area contributed by atoms with E-state index in [1.165, 1.54) is 18.4 Å². The first-order valence-electron chi connectivity index (χ1n) is 7.15. The highest BCUT2D eigenvalue weighted by atomic mass is 19.1. The number of benzene rings is 1. The highest BCUT2D eigenvalue weighted by molar-refractivity contribution is 5.21. The molecule has 1 aromatic carbocycles. The lowest BCUT2D eigenvalue weighted by Crippen LogP contribution is -2.26. The van der Waals surface area contributed by atoms with Crippen LogP contribution < -0.4 is 5.32 Å². The van der Waals surface area contributed by atoms with Gasteiger partial charge in [-0.3, -0.25) is 0 Å². The van der Waals surface area contributed by atoms with Crippen LogP contribution in [-0.2, 0) is 0 Å². The first-order valence-corrected chi connectivity index (χ1v) is 7.15. The van der Waals surface area contributed by atoms with Crippen LogP contribution in [0.5, 0.6) is 0 Å². The molecule has 1 rings (SSSR count). The fourth-order valence-electron chi connectivity index (χ4n) is 2.45. The predicted octanol–water partition coefficient (Wildman–Crippen LogP) is 4.35. The molecule has 2 atom stereocenters. The summed E-state index contributed by atoms with van der Waals surface area (Å²) in [5, 5.41) is 3.49. The highest BCUT2D eigenvalue weighted by Crippen LogP contribution is 2.27. The van der Waals surface area contributed by atoms with Crippen LogP contribution in [0.2, 0.25) is 0 Å². The van der Waals surface area contributed by atoms with Crippen LogP contribution in [0.3, 0.4) is 0 Å². The summed E-state index contributed by atoms with van der Waals surface area (Å²) in [5.41, 5.74) is 1.25. The van der Waals surface area contributed by atoms with Gasteiger partial charge in [-0.2, -0.15) is 0 Å². The zero-order valence-electron chi connectivity index (χ0n) is 11.9. The van der Waals surface area contributed by atoms with E-state index in [1.54, 1.807) is 12.1 Å². The van der Waals surface area contributed by atoms with Crippen molar-refractivity contribution in [2.24, 2.45) is 5.92 Å². The second-order valence-electron chi connectivity index (χ2n) is 5.13. The minimum absolute atomic E-state index is 0.151. The van der Waals surface area contributed by atoms with E-state index < -0.39 is 0 Å². The molecule has 0 spiro atoms. The summed E-state index contributed by atoms with van der Waals surface area (Å²) in [6, 6.07) is 7.00. The first-order chi connectivity index (χ1) is 8.69. The second kappa shape index (κ2) is 8.25. The molecular formula is C16H26FN. The van der Waals surface area contributed by atoms with Crippen molar-refractivity contribution >= 4 is 0 Å². The topological polar surface area (TPSA) is 12.0 Å². The first kappa shape index (κ1) is 15.2. The maximum atomic E-state index is 13.0. The minimum Gasteiger partial charge on any atom is -0.316 e. The predicted molar refractivity (Wildman–Crippen MR) is 76.4 cm³/mol. The van der Waals surface area contributed by atoms with Gasteiger partial charge in [-0.1, -0.05) is 45.7 Å². The standard InChI is InChI=1S/C16H26FN/c1-4-6-13(3)16(12-18-11-5-2)14-7-9-15(17)10-8-14/h7-10,13,16,18H,4-6,11-12H2,1-3H3. The van der Waals surface area contributed by atoms with E-state index in [0.29, 0.717) is 11.8 Å². The van der Waals surface area contributed by atoms with E-state index in [9.17, 15) is 4.39 Å². The quantitative estimate of drug-likeness (QED) is 0.677. The smallest absolute Gasteiger partial charge is 0.123 e. The van der Waals surface area contributed by atoms with Crippen molar-refractivity contribution in [3.05, 3.63) is 35.6 Å². The van der Waals surface area contributed by atoms with Gasteiger partial charge in [-0.25, -0.2) is 4.39 Å². The molecule has 0 heterocycles. The maximum absolute atomic E-state index is 13.0. The van der Waals surface area contributed by atoms with Gasteiger partial charge in [0, 0.05) is 6.54 Å². The molecule has 1 N–H and O–H groups in total. The monoisotopic (exact) mass is 251 g/mol. The van der Waals surface area contributed by atoms with Crippen molar-refractivity contribution in [2.75, 3.05) is 13.1 Å². The summed E-state index contributed by atoms with van der Waals surface area (Å²) < 4.78 is 13.0. The van der Waals surface area contributed by atoms with Gasteiger partial charge in [0.15, 0.2) is 0 Å². The zero-order valence-corrected chi connectivity index (χ0v) is 11.9. The summed E-state index contributed by atoms with van der Waals surface area (Å²) in [7, 11) is 0. The van der Waals surface area contributed by atoms with E-state index in [-0.39, 0.29) is 5.82 Å². The van der Waals surface area contributed by atoms with Crippen LogP contribution in [0, 0.1) is 11.7 Å². The molecule has 0 saturated heterocycles. The van der Waals surface area contributed by atoms with Gasteiger partial charge < -0.3 is 5.32 Å². The Morgan fingerprint density at radius 1 is 1.11 bits per heavy atom. The van der Waals surface area contributed by atoms with Gasteiger partial charge in [0.25, 0.3) is 0 Å². The Morgan fingerprint density at radius 2 is 1.78 bits per heavy atom. The highest BCUT2D eigenvalue weighted by Gasteiger charge is 2.18. The van der Waals surface area contributed by atoms with Crippen LogP contribution in [0.25, 0.3) is 0 Å². The van der Waals surface area contributed by atoms with Crippen molar-refractivity contribution in [3.63, 3.8) is 0 Å². The zero-order chi connectivity index (χ0) is 13.4. The number of hydrogen-bond donors (Lipinski definition) is 1. The van der Waals surface area contributed by atoms with Crippen molar-refractivity contribution < 1.29 is 4.39 Å². The largest absolute Gasteiger partial charge is 0.316 e. The molecule has 1 aromatic rings. The van der Waals surface area contributed by atoms with Crippen LogP contribution in [-0.4, -0.2) is 13.1 Å². The summed E-state index contributed by atoms with van der Waals surface area (Å²) in [6.07, 6.45) is 3.57. The third-order valence-electron chi connectivity index (χ3n) is 3.52. The van der Waals surface area contributed by atoms with Gasteiger partial charge in [0.2, 0.25) is 0 Å². The van der Waals surface area contributed by atoms with Gasteiger partial charge >= 0.3 is 0 Å². The van der Waals surface area contributed by atoms with E-state index in [1.807, 2.05) is 12.1 Å². The van der Waals surface area contributed by atoms with E-state index in [2.05, 4.69) is 26.1 Å². The Bertz CT molecular complexity index is 320. The van der Waals surface area contributed by atoms with Crippen LogP contribution in [0.1, 0.15) is 51.5 Å². The summed E-state index contributed by atoms with van der Waals surface area (Å²) >= 11 is 0. The Labute approximate surface area is 111 Å². The summed E-state index contributed by atoms with van der Waals surface area (Å²) in [6.45, 7) is 8.73. The summed E-state index contributed by atoms with van der Waals surface area (Å²) in [4.78, 5) is 0. The summed E-state index contributed by atoms with van der Waals surface area (Å²) in [5.74, 6) is 0.962. The second-order valence-corrected chi connectivity index (χ2v) is 5.13. The van der Waals surface area contributed by atoms with Gasteiger partial charge in [0.1, 0.15) is 5.82 Å². The molecule has 102 valence electrons. The lowest BCUT2D eigenvalue weighted by Gasteiger charge is -2.24. The lowest BCUT2D eigenvalue weighted by molar-refractivity contribution is 0.403. The fraction of sp³-hybridized carbons (Fsp3) is 0.625. The van der Waals surface area contributed by atoms with E-state index >= 15 is 0 Å². The third kappa shape index (κ3) is 4.77. The molecule has 0 saturated carbocycles. The molecule has 2 heteroatoms. The Balaban J connectivity index is 2.72. The van der Waals surface area contributed by atoms with E-state index in [4.69, 9.17) is 0 Å². The lowest BCUT2D eigenvalue weighted by atomic mass is 9.84. The number of nitrogens with one attached hydrogen (secondary N) is 1. The molecule has 0 aromatic heterocycles. The molecule has 2 unspecified atom stereocenters.